The molecular formula is C64H123NO5. The lowest BCUT2D eigenvalue weighted by molar-refractivity contribution is -0.143. The zero-order chi connectivity index (χ0) is 50.7. The summed E-state index contributed by atoms with van der Waals surface area (Å²) in [5.74, 6) is -0.0245. The van der Waals surface area contributed by atoms with Gasteiger partial charge in [-0.05, 0) is 57.8 Å². The van der Waals surface area contributed by atoms with Crippen LogP contribution in [-0.4, -0.2) is 47.4 Å². The maximum Gasteiger partial charge on any atom is 0.305 e. The fourth-order valence-electron chi connectivity index (χ4n) is 9.91. The van der Waals surface area contributed by atoms with Crippen molar-refractivity contribution in [1.82, 2.24) is 5.32 Å². The lowest BCUT2D eigenvalue weighted by Gasteiger charge is -2.22. The molecule has 0 aliphatic carbocycles. The first-order valence-electron chi connectivity index (χ1n) is 31.6. The van der Waals surface area contributed by atoms with E-state index in [1.807, 2.05) is 0 Å². The van der Waals surface area contributed by atoms with Gasteiger partial charge >= 0.3 is 5.97 Å². The normalized spacial score (nSPS) is 12.7. The number of hydrogen-bond donors (Lipinski definition) is 3. The Hall–Kier alpha value is -1.66. The fraction of sp³-hybridized carbons (Fsp3) is 0.906. The average molecular weight is 987 g/mol. The van der Waals surface area contributed by atoms with E-state index in [9.17, 15) is 19.8 Å². The van der Waals surface area contributed by atoms with Gasteiger partial charge in [-0.3, -0.25) is 9.59 Å². The van der Waals surface area contributed by atoms with Crippen molar-refractivity contribution in [2.75, 3.05) is 13.2 Å². The Morgan fingerprint density at radius 1 is 0.400 bits per heavy atom. The number of unbranched alkanes of at least 4 members (excludes halogenated alkanes) is 44. The highest BCUT2D eigenvalue weighted by Crippen LogP contribution is 2.18. The Bertz CT molecular complexity index is 1090. The Morgan fingerprint density at radius 2 is 0.714 bits per heavy atom. The highest BCUT2D eigenvalue weighted by atomic mass is 16.5. The van der Waals surface area contributed by atoms with Gasteiger partial charge < -0.3 is 20.3 Å². The molecule has 6 nitrogen and oxygen atoms in total. The second-order valence-corrected chi connectivity index (χ2v) is 21.7. The second-order valence-electron chi connectivity index (χ2n) is 21.7. The number of hydrogen-bond acceptors (Lipinski definition) is 5. The third kappa shape index (κ3) is 55.7. The van der Waals surface area contributed by atoms with Gasteiger partial charge in [-0.15, -0.1) is 0 Å². The van der Waals surface area contributed by atoms with E-state index in [4.69, 9.17) is 4.74 Å². The average Bonchev–Trinajstić information content (AvgIpc) is 3.36. The van der Waals surface area contributed by atoms with Crippen molar-refractivity contribution in [3.8, 4) is 0 Å². The molecule has 0 radical (unpaired) electrons. The molecule has 0 aliphatic heterocycles. The van der Waals surface area contributed by atoms with E-state index in [0.717, 1.165) is 51.4 Å². The number of rotatable bonds is 59. The lowest BCUT2D eigenvalue weighted by Crippen LogP contribution is -2.45. The molecule has 0 saturated carbocycles. The smallest absolute Gasteiger partial charge is 0.305 e. The molecule has 0 aromatic carbocycles. The first kappa shape index (κ1) is 68.3. The van der Waals surface area contributed by atoms with E-state index in [2.05, 4.69) is 43.5 Å². The summed E-state index contributed by atoms with van der Waals surface area (Å²) in [6.45, 7) is 4.94. The zero-order valence-electron chi connectivity index (χ0n) is 47.3. The number of carbonyl (C=O) groups excluding carboxylic acids is 2. The summed E-state index contributed by atoms with van der Waals surface area (Å²) >= 11 is 0. The summed E-state index contributed by atoms with van der Waals surface area (Å²) < 4.78 is 5.50. The number of aliphatic hydroxyl groups excluding tert-OH is 2. The van der Waals surface area contributed by atoms with E-state index in [1.54, 1.807) is 0 Å². The number of esters is 1. The molecule has 0 saturated heterocycles. The number of carbonyl (C=O) groups is 2. The van der Waals surface area contributed by atoms with Gasteiger partial charge in [0.15, 0.2) is 0 Å². The molecule has 70 heavy (non-hydrogen) atoms. The summed E-state index contributed by atoms with van der Waals surface area (Å²) in [4.78, 5) is 24.5. The van der Waals surface area contributed by atoms with Crippen LogP contribution >= 0.6 is 0 Å². The number of aliphatic hydroxyl groups is 2. The van der Waals surface area contributed by atoms with E-state index >= 15 is 0 Å². The molecule has 414 valence electrons. The first-order valence-corrected chi connectivity index (χ1v) is 31.6. The first-order chi connectivity index (χ1) is 34.5. The van der Waals surface area contributed by atoms with Crippen molar-refractivity contribution in [2.45, 2.75) is 360 Å². The molecule has 0 rings (SSSR count). The minimum Gasteiger partial charge on any atom is -0.466 e. The van der Waals surface area contributed by atoms with Crippen LogP contribution in [0, 0.1) is 0 Å². The highest BCUT2D eigenvalue weighted by Gasteiger charge is 2.20. The van der Waals surface area contributed by atoms with Crippen LogP contribution in [0.2, 0.25) is 0 Å². The minimum absolute atomic E-state index is 0.00934. The molecular weight excluding hydrogens is 863 g/mol. The lowest BCUT2D eigenvalue weighted by atomic mass is 10.0. The molecule has 0 spiro atoms. The molecule has 0 aromatic heterocycles. The van der Waals surface area contributed by atoms with Crippen LogP contribution in [-0.2, 0) is 14.3 Å². The molecule has 3 N–H and O–H groups in total. The van der Waals surface area contributed by atoms with Gasteiger partial charge in [0.05, 0.1) is 25.4 Å². The maximum absolute atomic E-state index is 12.4. The highest BCUT2D eigenvalue weighted by molar-refractivity contribution is 5.76. The maximum atomic E-state index is 12.4. The molecule has 0 fully saturated rings. The predicted molar refractivity (Wildman–Crippen MR) is 306 cm³/mol. The van der Waals surface area contributed by atoms with Gasteiger partial charge in [0.25, 0.3) is 0 Å². The van der Waals surface area contributed by atoms with Gasteiger partial charge in [-0.25, -0.2) is 0 Å². The summed E-state index contributed by atoms with van der Waals surface area (Å²) in [6, 6.07) is -0.538. The van der Waals surface area contributed by atoms with Crippen LogP contribution in [0.4, 0.5) is 0 Å². The Balaban J connectivity index is 3.33. The molecule has 1 amide bonds. The van der Waals surface area contributed by atoms with Gasteiger partial charge in [-0.2, -0.15) is 0 Å². The van der Waals surface area contributed by atoms with Crippen molar-refractivity contribution < 1.29 is 24.5 Å². The van der Waals surface area contributed by atoms with E-state index in [1.165, 1.54) is 263 Å². The number of allylic oxidation sites excluding steroid dienone is 4. The monoisotopic (exact) mass is 986 g/mol. The third-order valence-corrected chi connectivity index (χ3v) is 14.8. The Kier molecular flexibility index (Phi) is 58.5. The molecule has 0 aromatic rings. The third-order valence-electron chi connectivity index (χ3n) is 14.8. The summed E-state index contributed by atoms with van der Waals surface area (Å²) in [5.41, 5.74) is 0. The van der Waals surface area contributed by atoms with Crippen LogP contribution in [0.15, 0.2) is 24.3 Å². The van der Waals surface area contributed by atoms with Crippen molar-refractivity contribution in [3.63, 3.8) is 0 Å². The standard InChI is InChI=1S/C64H123NO5/c1-3-5-7-9-11-13-15-16-17-18-29-32-35-38-42-46-50-54-58-64(69)70-59-55-51-47-43-39-36-33-30-27-25-23-21-19-20-22-24-26-28-31-34-37-41-45-49-53-57-63(68)65-61(60-66)62(67)56-52-48-44-40-14-12-10-8-6-4-2/h13,15,17-18,61-62,66-67H,3-12,14,16,19-60H2,1-2H3,(H,65,68)/b15-13-,18-17-. The summed E-state index contributed by atoms with van der Waals surface area (Å²) in [6.07, 6.45) is 73.4. The van der Waals surface area contributed by atoms with Crippen molar-refractivity contribution >= 4 is 11.9 Å². The molecule has 6 heteroatoms. The van der Waals surface area contributed by atoms with E-state index in [0.29, 0.717) is 25.9 Å². The predicted octanol–water partition coefficient (Wildman–Crippen LogP) is 19.8. The minimum atomic E-state index is -0.661. The SMILES string of the molecule is CCCCCC/C=C\C/C=C\CCCCCCCCCC(=O)OCCCCCCCCCCCCCCCCCCCCCCCCCCCC(=O)NC(CO)C(O)CCCCCCCCCCCC. The topological polar surface area (TPSA) is 95.9 Å². The molecule has 0 aliphatic rings. The van der Waals surface area contributed by atoms with Crippen molar-refractivity contribution in [1.29, 1.82) is 0 Å². The van der Waals surface area contributed by atoms with Crippen LogP contribution in [0.1, 0.15) is 348 Å². The van der Waals surface area contributed by atoms with Crippen LogP contribution in [0.5, 0.6) is 0 Å². The number of amides is 1. The Morgan fingerprint density at radius 3 is 1.10 bits per heavy atom. The van der Waals surface area contributed by atoms with Crippen LogP contribution < -0.4 is 5.32 Å². The van der Waals surface area contributed by atoms with Gasteiger partial charge in [0, 0.05) is 12.8 Å². The Labute approximate surface area is 437 Å². The fourth-order valence-corrected chi connectivity index (χ4v) is 9.91. The van der Waals surface area contributed by atoms with E-state index in [-0.39, 0.29) is 18.5 Å². The molecule has 2 atom stereocenters. The van der Waals surface area contributed by atoms with E-state index < -0.39 is 12.1 Å². The summed E-state index contributed by atoms with van der Waals surface area (Å²) in [5, 5.41) is 23.2. The summed E-state index contributed by atoms with van der Waals surface area (Å²) in [7, 11) is 0. The van der Waals surface area contributed by atoms with Gasteiger partial charge in [0.1, 0.15) is 0 Å². The molecule has 0 bridgehead atoms. The van der Waals surface area contributed by atoms with Gasteiger partial charge in [-0.1, -0.05) is 301 Å². The van der Waals surface area contributed by atoms with Gasteiger partial charge in [0.2, 0.25) is 5.91 Å². The van der Waals surface area contributed by atoms with Crippen molar-refractivity contribution in [3.05, 3.63) is 24.3 Å². The number of ether oxygens (including phenoxy) is 1. The molecule has 2 unspecified atom stereocenters. The van der Waals surface area contributed by atoms with Crippen LogP contribution in [0.25, 0.3) is 0 Å². The van der Waals surface area contributed by atoms with Crippen LogP contribution in [0.3, 0.4) is 0 Å². The largest absolute Gasteiger partial charge is 0.466 e. The zero-order valence-corrected chi connectivity index (χ0v) is 47.3. The quantitative estimate of drug-likeness (QED) is 0.0321. The number of nitrogens with one attached hydrogen (secondary N) is 1. The molecule has 0 heterocycles. The van der Waals surface area contributed by atoms with Crippen molar-refractivity contribution in [2.24, 2.45) is 0 Å². The second kappa shape index (κ2) is 59.9.